The van der Waals surface area contributed by atoms with E-state index in [1.165, 1.54) is 0 Å². The second-order valence-electron chi connectivity index (χ2n) is 5.19. The summed E-state index contributed by atoms with van der Waals surface area (Å²) in [5, 5.41) is 0. The standard InChI is InChI=1S/C14H19NO3/c1-14(9-11(15)4-5-18-14)10-2-3-12-13(8-10)17-7-6-16-12/h2-3,8,11H,4-7,9,15H2,1H3. The Morgan fingerprint density at radius 3 is 2.72 bits per heavy atom. The van der Waals surface area contributed by atoms with Gasteiger partial charge in [0.2, 0.25) is 0 Å². The molecule has 0 bridgehead atoms. The summed E-state index contributed by atoms with van der Waals surface area (Å²) in [4.78, 5) is 0. The Balaban J connectivity index is 1.91. The van der Waals surface area contributed by atoms with E-state index in [-0.39, 0.29) is 11.6 Å². The van der Waals surface area contributed by atoms with Gasteiger partial charge >= 0.3 is 0 Å². The first-order valence-electron chi connectivity index (χ1n) is 6.47. The molecule has 0 aliphatic carbocycles. The van der Waals surface area contributed by atoms with E-state index in [1.54, 1.807) is 0 Å². The van der Waals surface area contributed by atoms with E-state index in [2.05, 4.69) is 6.92 Å². The summed E-state index contributed by atoms with van der Waals surface area (Å²) in [5.41, 5.74) is 6.85. The average molecular weight is 249 g/mol. The molecule has 0 aromatic heterocycles. The molecule has 0 saturated carbocycles. The van der Waals surface area contributed by atoms with E-state index in [0.29, 0.717) is 19.8 Å². The molecular weight excluding hydrogens is 230 g/mol. The van der Waals surface area contributed by atoms with Crippen molar-refractivity contribution in [1.82, 2.24) is 0 Å². The molecule has 2 heterocycles. The molecule has 4 nitrogen and oxygen atoms in total. The predicted octanol–water partition coefficient (Wildman–Crippen LogP) is 1.81. The molecule has 1 aromatic rings. The number of hydrogen-bond acceptors (Lipinski definition) is 4. The van der Waals surface area contributed by atoms with E-state index < -0.39 is 0 Å². The minimum absolute atomic E-state index is 0.206. The first-order valence-corrected chi connectivity index (χ1v) is 6.47. The third-order valence-electron chi connectivity index (χ3n) is 3.71. The number of rotatable bonds is 1. The fourth-order valence-electron chi connectivity index (χ4n) is 2.67. The van der Waals surface area contributed by atoms with Gasteiger partial charge in [-0.05, 0) is 37.5 Å². The summed E-state index contributed by atoms with van der Waals surface area (Å²) in [7, 11) is 0. The van der Waals surface area contributed by atoms with Crippen molar-refractivity contribution in [3.63, 3.8) is 0 Å². The minimum atomic E-state index is -0.312. The molecule has 0 radical (unpaired) electrons. The highest BCUT2D eigenvalue weighted by molar-refractivity contribution is 5.45. The summed E-state index contributed by atoms with van der Waals surface area (Å²) >= 11 is 0. The second-order valence-corrected chi connectivity index (χ2v) is 5.19. The normalized spacial score (nSPS) is 31.1. The van der Waals surface area contributed by atoms with Crippen LogP contribution in [-0.4, -0.2) is 25.9 Å². The van der Waals surface area contributed by atoms with Crippen LogP contribution in [0.5, 0.6) is 11.5 Å². The second kappa shape index (κ2) is 4.44. The van der Waals surface area contributed by atoms with Gasteiger partial charge in [-0.2, -0.15) is 0 Å². The van der Waals surface area contributed by atoms with Crippen molar-refractivity contribution < 1.29 is 14.2 Å². The van der Waals surface area contributed by atoms with Gasteiger partial charge < -0.3 is 19.9 Å². The summed E-state index contributed by atoms with van der Waals surface area (Å²) < 4.78 is 17.1. The topological polar surface area (TPSA) is 53.7 Å². The molecule has 1 aromatic carbocycles. The monoisotopic (exact) mass is 249 g/mol. The molecule has 1 saturated heterocycles. The van der Waals surface area contributed by atoms with Crippen LogP contribution in [0, 0.1) is 0 Å². The lowest BCUT2D eigenvalue weighted by Crippen LogP contribution is -2.41. The quantitative estimate of drug-likeness (QED) is 0.824. The maximum absolute atomic E-state index is 6.05. The first-order chi connectivity index (χ1) is 8.67. The largest absolute Gasteiger partial charge is 0.486 e. The van der Waals surface area contributed by atoms with Gasteiger partial charge in [0, 0.05) is 12.6 Å². The van der Waals surface area contributed by atoms with Crippen LogP contribution in [0.15, 0.2) is 18.2 Å². The molecule has 2 aliphatic heterocycles. The van der Waals surface area contributed by atoms with Gasteiger partial charge in [0.15, 0.2) is 11.5 Å². The van der Waals surface area contributed by atoms with Crippen molar-refractivity contribution in [1.29, 1.82) is 0 Å². The van der Waals surface area contributed by atoms with Gasteiger partial charge in [0.25, 0.3) is 0 Å². The molecule has 0 amide bonds. The zero-order chi connectivity index (χ0) is 12.6. The summed E-state index contributed by atoms with van der Waals surface area (Å²) in [6.45, 7) is 4.03. The molecule has 1 fully saturated rings. The van der Waals surface area contributed by atoms with E-state index in [0.717, 1.165) is 29.9 Å². The first kappa shape index (κ1) is 11.8. The predicted molar refractivity (Wildman–Crippen MR) is 67.9 cm³/mol. The van der Waals surface area contributed by atoms with E-state index in [4.69, 9.17) is 19.9 Å². The van der Waals surface area contributed by atoms with Crippen LogP contribution in [0.1, 0.15) is 25.3 Å². The van der Waals surface area contributed by atoms with Gasteiger partial charge in [-0.15, -0.1) is 0 Å². The third kappa shape index (κ3) is 2.06. The lowest BCUT2D eigenvalue weighted by atomic mass is 9.86. The molecule has 2 N–H and O–H groups in total. The highest BCUT2D eigenvalue weighted by Gasteiger charge is 2.34. The Labute approximate surface area is 107 Å². The van der Waals surface area contributed by atoms with Crippen LogP contribution in [0.4, 0.5) is 0 Å². The van der Waals surface area contributed by atoms with Crippen molar-refractivity contribution in [3.8, 4) is 11.5 Å². The summed E-state index contributed by atoms with van der Waals surface area (Å²) in [5.74, 6) is 1.62. The van der Waals surface area contributed by atoms with Crippen LogP contribution in [-0.2, 0) is 10.3 Å². The number of nitrogens with two attached hydrogens (primary N) is 1. The molecular formula is C14H19NO3. The SMILES string of the molecule is CC1(c2ccc3c(c2)OCCO3)CC(N)CCO1. The third-order valence-corrected chi connectivity index (χ3v) is 3.71. The zero-order valence-electron chi connectivity index (χ0n) is 10.6. The molecule has 2 atom stereocenters. The molecule has 2 aliphatic rings. The van der Waals surface area contributed by atoms with Gasteiger partial charge in [-0.1, -0.05) is 6.07 Å². The maximum atomic E-state index is 6.05. The highest BCUT2D eigenvalue weighted by Crippen LogP contribution is 2.39. The molecule has 98 valence electrons. The lowest BCUT2D eigenvalue weighted by Gasteiger charge is -2.37. The molecule has 18 heavy (non-hydrogen) atoms. The highest BCUT2D eigenvalue weighted by atomic mass is 16.6. The molecule has 4 heteroatoms. The number of hydrogen-bond donors (Lipinski definition) is 1. The summed E-state index contributed by atoms with van der Waals surface area (Å²) in [6, 6.07) is 6.23. The van der Waals surface area contributed by atoms with Crippen molar-refractivity contribution in [3.05, 3.63) is 23.8 Å². The number of benzene rings is 1. The van der Waals surface area contributed by atoms with E-state index in [1.807, 2.05) is 18.2 Å². The number of ether oxygens (including phenoxy) is 3. The lowest BCUT2D eigenvalue weighted by molar-refractivity contribution is -0.0767. The average Bonchev–Trinajstić information content (AvgIpc) is 2.38. The minimum Gasteiger partial charge on any atom is -0.486 e. The Bertz CT molecular complexity index is 449. The van der Waals surface area contributed by atoms with Crippen molar-refractivity contribution in [2.24, 2.45) is 5.73 Å². The Kier molecular flexibility index (Phi) is 2.92. The Morgan fingerprint density at radius 2 is 1.94 bits per heavy atom. The van der Waals surface area contributed by atoms with Crippen LogP contribution < -0.4 is 15.2 Å². The Morgan fingerprint density at radius 1 is 1.17 bits per heavy atom. The van der Waals surface area contributed by atoms with Crippen LogP contribution in [0.25, 0.3) is 0 Å². The summed E-state index contributed by atoms with van der Waals surface area (Å²) in [6.07, 6.45) is 1.77. The van der Waals surface area contributed by atoms with Gasteiger partial charge in [-0.3, -0.25) is 0 Å². The van der Waals surface area contributed by atoms with Crippen molar-refractivity contribution in [2.75, 3.05) is 19.8 Å². The van der Waals surface area contributed by atoms with Crippen molar-refractivity contribution >= 4 is 0 Å². The van der Waals surface area contributed by atoms with Crippen molar-refractivity contribution in [2.45, 2.75) is 31.4 Å². The fourth-order valence-corrected chi connectivity index (χ4v) is 2.67. The molecule has 3 rings (SSSR count). The maximum Gasteiger partial charge on any atom is 0.161 e. The zero-order valence-corrected chi connectivity index (χ0v) is 10.6. The van der Waals surface area contributed by atoms with Gasteiger partial charge in [0.1, 0.15) is 13.2 Å². The van der Waals surface area contributed by atoms with Gasteiger partial charge in [-0.25, -0.2) is 0 Å². The van der Waals surface area contributed by atoms with Crippen LogP contribution in [0.2, 0.25) is 0 Å². The fraction of sp³-hybridized carbons (Fsp3) is 0.571. The Hall–Kier alpha value is -1.26. The molecule has 2 unspecified atom stereocenters. The van der Waals surface area contributed by atoms with E-state index >= 15 is 0 Å². The molecule has 0 spiro atoms. The van der Waals surface area contributed by atoms with Gasteiger partial charge in [0.05, 0.1) is 5.60 Å². The number of fused-ring (bicyclic) bond motifs is 1. The smallest absolute Gasteiger partial charge is 0.161 e. The van der Waals surface area contributed by atoms with Crippen LogP contribution >= 0.6 is 0 Å². The van der Waals surface area contributed by atoms with Crippen LogP contribution in [0.3, 0.4) is 0 Å². The van der Waals surface area contributed by atoms with E-state index in [9.17, 15) is 0 Å².